The van der Waals surface area contributed by atoms with E-state index in [2.05, 4.69) is 21.6 Å². The molecule has 2 amide bonds. The van der Waals surface area contributed by atoms with E-state index in [1.807, 2.05) is 30.3 Å². The fourth-order valence-electron chi connectivity index (χ4n) is 3.60. The predicted molar refractivity (Wildman–Crippen MR) is 113 cm³/mol. The summed E-state index contributed by atoms with van der Waals surface area (Å²) in [5, 5.41) is 10.2. The van der Waals surface area contributed by atoms with E-state index in [9.17, 15) is 9.18 Å². The van der Waals surface area contributed by atoms with E-state index in [-0.39, 0.29) is 18.0 Å². The number of carbonyl (C=O) groups is 1. The molecule has 3 aromatic rings. The van der Waals surface area contributed by atoms with Gasteiger partial charge in [-0.05, 0) is 42.7 Å². The maximum absolute atomic E-state index is 13.4. The van der Waals surface area contributed by atoms with Crippen molar-refractivity contribution in [2.75, 3.05) is 20.1 Å². The van der Waals surface area contributed by atoms with E-state index in [1.54, 1.807) is 18.0 Å². The molecule has 0 fully saturated rings. The second-order valence-corrected chi connectivity index (χ2v) is 7.55. The Morgan fingerprint density at radius 2 is 2.13 bits per heavy atom. The van der Waals surface area contributed by atoms with Crippen molar-refractivity contribution < 1.29 is 13.9 Å². The van der Waals surface area contributed by atoms with Crippen LogP contribution in [-0.2, 0) is 12.8 Å². The molecule has 0 bridgehead atoms. The molecule has 156 valence electrons. The summed E-state index contributed by atoms with van der Waals surface area (Å²) in [6.07, 6.45) is 2.33. The van der Waals surface area contributed by atoms with Gasteiger partial charge in [0.2, 0.25) is 0 Å². The lowest BCUT2D eigenvalue weighted by atomic mass is 10.1. The lowest BCUT2D eigenvalue weighted by molar-refractivity contribution is 0.192. The Bertz CT molecular complexity index is 995. The number of carbonyl (C=O) groups excluding carboxylic acids is 1. The standard InChI is InChI=1S/C23H25FN4O2/c1-28(23(29)25-15-20-13-17-6-2-3-10-22(17)30-20)11-5-9-19-14-21(27-26-19)16-7-4-8-18(24)12-16/h2-4,6-8,10,12,14,20H,5,9,11,13,15H2,1H3,(H,25,29)(H,26,27). The molecule has 0 radical (unpaired) electrons. The number of hydrogen-bond donors (Lipinski definition) is 2. The van der Waals surface area contributed by atoms with Crippen molar-refractivity contribution >= 4 is 6.03 Å². The molecule has 1 unspecified atom stereocenters. The van der Waals surface area contributed by atoms with Crippen molar-refractivity contribution in [2.24, 2.45) is 0 Å². The van der Waals surface area contributed by atoms with E-state index in [0.717, 1.165) is 36.3 Å². The van der Waals surface area contributed by atoms with Crippen LogP contribution in [0.5, 0.6) is 5.75 Å². The van der Waals surface area contributed by atoms with Crippen LogP contribution in [0.4, 0.5) is 9.18 Å². The Kier molecular flexibility index (Phi) is 5.97. The quantitative estimate of drug-likeness (QED) is 0.625. The van der Waals surface area contributed by atoms with E-state index in [0.29, 0.717) is 18.8 Å². The minimum atomic E-state index is -0.281. The zero-order chi connectivity index (χ0) is 20.9. The van der Waals surface area contributed by atoms with Gasteiger partial charge in [0.1, 0.15) is 17.7 Å². The number of benzene rings is 2. The van der Waals surface area contributed by atoms with Gasteiger partial charge in [0, 0.05) is 31.3 Å². The van der Waals surface area contributed by atoms with Crippen LogP contribution in [-0.4, -0.2) is 47.4 Å². The number of para-hydroxylation sites is 1. The van der Waals surface area contributed by atoms with Crippen molar-refractivity contribution in [3.8, 4) is 17.0 Å². The number of fused-ring (bicyclic) bond motifs is 1. The van der Waals surface area contributed by atoms with Gasteiger partial charge < -0.3 is 15.0 Å². The second-order valence-electron chi connectivity index (χ2n) is 7.55. The number of nitrogens with zero attached hydrogens (tertiary/aromatic N) is 2. The molecular weight excluding hydrogens is 383 g/mol. The zero-order valence-corrected chi connectivity index (χ0v) is 16.9. The van der Waals surface area contributed by atoms with Gasteiger partial charge in [-0.2, -0.15) is 5.10 Å². The fourth-order valence-corrected chi connectivity index (χ4v) is 3.60. The second kappa shape index (κ2) is 8.98. The molecule has 0 spiro atoms. The van der Waals surface area contributed by atoms with Crippen LogP contribution in [0, 0.1) is 5.82 Å². The average molecular weight is 408 g/mol. The Hall–Kier alpha value is -3.35. The lowest BCUT2D eigenvalue weighted by Gasteiger charge is -2.19. The monoisotopic (exact) mass is 408 g/mol. The Balaban J connectivity index is 1.19. The molecule has 1 aromatic heterocycles. The maximum atomic E-state index is 13.4. The number of ether oxygens (including phenoxy) is 1. The fraction of sp³-hybridized carbons (Fsp3) is 0.304. The molecule has 0 saturated heterocycles. The van der Waals surface area contributed by atoms with Gasteiger partial charge in [-0.1, -0.05) is 30.3 Å². The first-order valence-electron chi connectivity index (χ1n) is 10.1. The number of rotatable bonds is 7. The molecule has 2 N–H and O–H groups in total. The minimum Gasteiger partial charge on any atom is -0.488 e. The van der Waals surface area contributed by atoms with Crippen molar-refractivity contribution in [1.82, 2.24) is 20.4 Å². The van der Waals surface area contributed by atoms with Crippen LogP contribution in [0.2, 0.25) is 0 Å². The summed E-state index contributed by atoms with van der Waals surface area (Å²) in [5.74, 6) is 0.624. The summed E-state index contributed by atoms with van der Waals surface area (Å²) < 4.78 is 19.2. The first-order valence-corrected chi connectivity index (χ1v) is 10.1. The summed E-state index contributed by atoms with van der Waals surface area (Å²) in [7, 11) is 1.78. The number of H-pyrrole nitrogens is 1. The zero-order valence-electron chi connectivity index (χ0n) is 16.9. The van der Waals surface area contributed by atoms with Gasteiger partial charge in [-0.15, -0.1) is 0 Å². The minimum absolute atomic E-state index is 0.0222. The average Bonchev–Trinajstić information content (AvgIpc) is 3.38. The van der Waals surface area contributed by atoms with Crippen LogP contribution in [0.15, 0.2) is 54.6 Å². The van der Waals surface area contributed by atoms with Gasteiger partial charge in [0.25, 0.3) is 0 Å². The van der Waals surface area contributed by atoms with E-state index >= 15 is 0 Å². The normalized spacial score (nSPS) is 14.8. The maximum Gasteiger partial charge on any atom is 0.317 e. The highest BCUT2D eigenvalue weighted by atomic mass is 19.1. The summed E-state index contributed by atoms with van der Waals surface area (Å²) in [6.45, 7) is 1.10. The summed E-state index contributed by atoms with van der Waals surface area (Å²) in [4.78, 5) is 14.0. The first kappa shape index (κ1) is 19.9. The Morgan fingerprint density at radius 3 is 2.97 bits per heavy atom. The third-order valence-electron chi connectivity index (χ3n) is 5.23. The lowest BCUT2D eigenvalue weighted by Crippen LogP contribution is -2.42. The predicted octanol–water partition coefficient (Wildman–Crippen LogP) is 3.79. The number of aryl methyl sites for hydroxylation is 1. The highest BCUT2D eigenvalue weighted by Crippen LogP contribution is 2.27. The molecule has 0 aliphatic carbocycles. The van der Waals surface area contributed by atoms with Crippen LogP contribution in [0.1, 0.15) is 17.7 Å². The largest absolute Gasteiger partial charge is 0.488 e. The molecular formula is C23H25FN4O2. The van der Waals surface area contributed by atoms with E-state index in [4.69, 9.17) is 4.74 Å². The van der Waals surface area contributed by atoms with E-state index < -0.39 is 0 Å². The van der Waals surface area contributed by atoms with Crippen LogP contribution >= 0.6 is 0 Å². The van der Waals surface area contributed by atoms with Gasteiger partial charge in [0.05, 0.1) is 12.2 Å². The molecule has 4 rings (SSSR count). The number of halogens is 1. The van der Waals surface area contributed by atoms with Crippen molar-refractivity contribution in [2.45, 2.75) is 25.4 Å². The molecule has 0 saturated carbocycles. The molecule has 7 heteroatoms. The Labute approximate surface area is 175 Å². The van der Waals surface area contributed by atoms with Crippen LogP contribution in [0.25, 0.3) is 11.3 Å². The van der Waals surface area contributed by atoms with Crippen LogP contribution in [0.3, 0.4) is 0 Å². The summed E-state index contributed by atoms with van der Waals surface area (Å²) in [5.41, 5.74) is 3.60. The molecule has 2 aromatic carbocycles. The van der Waals surface area contributed by atoms with Crippen molar-refractivity contribution in [3.63, 3.8) is 0 Å². The van der Waals surface area contributed by atoms with Gasteiger partial charge in [-0.25, -0.2) is 9.18 Å². The third-order valence-corrected chi connectivity index (χ3v) is 5.23. The SMILES string of the molecule is CN(CCCc1cc(-c2cccc(F)c2)n[nH]1)C(=O)NCC1Cc2ccccc2O1. The number of aromatic amines is 1. The first-order chi connectivity index (χ1) is 14.6. The van der Waals surface area contributed by atoms with Gasteiger partial charge in [-0.3, -0.25) is 5.10 Å². The molecule has 1 aliphatic rings. The van der Waals surface area contributed by atoms with Gasteiger partial charge >= 0.3 is 6.03 Å². The number of urea groups is 1. The molecule has 1 aliphatic heterocycles. The highest BCUT2D eigenvalue weighted by Gasteiger charge is 2.23. The topological polar surface area (TPSA) is 70.2 Å². The highest BCUT2D eigenvalue weighted by molar-refractivity contribution is 5.73. The van der Waals surface area contributed by atoms with Crippen molar-refractivity contribution in [1.29, 1.82) is 0 Å². The summed E-state index contributed by atoms with van der Waals surface area (Å²) in [6, 6.07) is 16.1. The molecule has 6 nitrogen and oxygen atoms in total. The van der Waals surface area contributed by atoms with Gasteiger partial charge in [0.15, 0.2) is 0 Å². The van der Waals surface area contributed by atoms with E-state index in [1.165, 1.54) is 17.7 Å². The summed E-state index contributed by atoms with van der Waals surface area (Å²) >= 11 is 0. The number of amides is 2. The molecule has 30 heavy (non-hydrogen) atoms. The number of nitrogens with one attached hydrogen (secondary N) is 2. The molecule has 2 heterocycles. The Morgan fingerprint density at radius 1 is 1.27 bits per heavy atom. The smallest absolute Gasteiger partial charge is 0.317 e. The van der Waals surface area contributed by atoms with Crippen molar-refractivity contribution in [3.05, 3.63) is 71.7 Å². The third kappa shape index (κ3) is 4.79. The molecule has 1 atom stereocenters. The van der Waals surface area contributed by atoms with Crippen LogP contribution < -0.4 is 10.1 Å². The number of aromatic nitrogens is 2. The number of hydrogen-bond acceptors (Lipinski definition) is 3.